The van der Waals surface area contributed by atoms with E-state index in [0.29, 0.717) is 23.5 Å². The first-order valence-electron chi connectivity index (χ1n) is 9.71. The zero-order valence-electron chi connectivity index (χ0n) is 17.8. The minimum absolute atomic E-state index is 0. The van der Waals surface area contributed by atoms with Crippen molar-refractivity contribution < 1.29 is 7.65 Å². The topological polar surface area (TPSA) is 122 Å². The number of allylic oxidation sites excluding steroid dienone is 2. The number of amides is 1. The molecule has 0 aliphatic carbocycles. The lowest BCUT2D eigenvalue weighted by Gasteiger charge is -2.11. The van der Waals surface area contributed by atoms with Crippen LogP contribution in [-0.2, 0) is 6.42 Å². The number of benzene rings is 1. The summed E-state index contributed by atoms with van der Waals surface area (Å²) in [5.74, 6) is 0.167. The Morgan fingerprint density at radius 2 is 2.07 bits per heavy atom. The zero-order chi connectivity index (χ0) is 22.1. The van der Waals surface area contributed by atoms with Crippen LogP contribution in [0.15, 0.2) is 61.1 Å². The van der Waals surface area contributed by atoms with E-state index < -0.39 is 0 Å². The minimum atomic E-state index is -0.184. The van der Waals surface area contributed by atoms with Gasteiger partial charge in [-0.2, -0.15) is 0 Å². The molecule has 30 heavy (non-hydrogen) atoms. The van der Waals surface area contributed by atoms with Crippen LogP contribution in [0, 0.1) is 0 Å². The highest BCUT2D eigenvalue weighted by atomic mass is 16.1. The van der Waals surface area contributed by atoms with Crippen molar-refractivity contribution in [3.05, 3.63) is 77.8 Å². The molecule has 3 aromatic rings. The van der Waals surface area contributed by atoms with Gasteiger partial charge in [-0.25, -0.2) is 4.98 Å². The number of nitrogens with zero attached hydrogens (tertiary/aromatic N) is 1. The number of fused-ring (bicyclic) bond motifs is 1. The number of nitrogens with two attached hydrogens (primary N) is 2. The van der Waals surface area contributed by atoms with E-state index in [9.17, 15) is 4.79 Å². The van der Waals surface area contributed by atoms with Crippen LogP contribution in [0.1, 0.15) is 31.3 Å². The Morgan fingerprint density at radius 3 is 2.80 bits per heavy atom. The molecular formula is C23H34N6O. The molecular weight excluding hydrogens is 376 g/mol. The molecule has 7 N–H and O–H groups in total. The third-order valence-electron chi connectivity index (χ3n) is 4.70. The molecule has 7 heteroatoms. The maximum atomic E-state index is 12.6. The molecule has 0 aliphatic heterocycles. The second kappa shape index (κ2) is 10.8. The number of pyridine rings is 1. The molecule has 0 spiro atoms. The van der Waals surface area contributed by atoms with Crippen LogP contribution in [-0.4, -0.2) is 36.5 Å². The highest BCUT2D eigenvalue weighted by Crippen LogP contribution is 2.25. The molecule has 0 bridgehead atoms. The fourth-order valence-corrected chi connectivity index (χ4v) is 3.11. The predicted molar refractivity (Wildman–Crippen MR) is 129 cm³/mol. The molecule has 1 aromatic carbocycles. The molecule has 0 atom stereocenters. The van der Waals surface area contributed by atoms with Crippen LogP contribution >= 0.6 is 0 Å². The van der Waals surface area contributed by atoms with Crippen molar-refractivity contribution in [1.29, 1.82) is 0 Å². The van der Waals surface area contributed by atoms with Crippen molar-refractivity contribution in [3.8, 4) is 0 Å². The number of carbonyl (C=O) groups is 1. The van der Waals surface area contributed by atoms with Crippen molar-refractivity contribution in [2.45, 2.75) is 13.3 Å². The van der Waals surface area contributed by atoms with Gasteiger partial charge in [-0.05, 0) is 55.4 Å². The van der Waals surface area contributed by atoms with Crippen LogP contribution < -0.4 is 22.1 Å². The largest absolute Gasteiger partial charge is 0.394 e. The Morgan fingerprint density at radius 1 is 1.33 bits per heavy atom. The van der Waals surface area contributed by atoms with Gasteiger partial charge < -0.3 is 27.1 Å². The van der Waals surface area contributed by atoms with Crippen LogP contribution in [0.5, 0.6) is 0 Å². The van der Waals surface area contributed by atoms with Gasteiger partial charge >= 0.3 is 0 Å². The highest BCUT2D eigenvalue weighted by Gasteiger charge is 2.13. The molecule has 0 saturated carbocycles. The Labute approximate surface area is 180 Å². The van der Waals surface area contributed by atoms with Gasteiger partial charge in [-0.15, -0.1) is 0 Å². The number of rotatable bonds is 7. The number of carbonyl (C=O) groups excluding carboxylic acids is 1. The lowest BCUT2D eigenvalue weighted by Crippen LogP contribution is -2.26. The molecule has 0 saturated heterocycles. The number of hydrogen-bond acceptors (Lipinski definition) is 5. The maximum Gasteiger partial charge on any atom is 0.252 e. The number of H-pyrrole nitrogens is 1. The van der Waals surface area contributed by atoms with E-state index in [0.717, 1.165) is 23.1 Å². The molecule has 0 aliphatic rings. The van der Waals surface area contributed by atoms with E-state index in [2.05, 4.69) is 39.0 Å². The highest BCUT2D eigenvalue weighted by molar-refractivity contribution is 5.96. The molecule has 3 rings (SSSR count). The fraction of sp³-hybridized carbons (Fsp3) is 0.217. The van der Waals surface area contributed by atoms with Gasteiger partial charge in [-0.1, -0.05) is 24.8 Å². The van der Waals surface area contributed by atoms with Crippen molar-refractivity contribution in [2.75, 3.05) is 26.4 Å². The van der Waals surface area contributed by atoms with Crippen LogP contribution in [0.3, 0.4) is 0 Å². The molecule has 1 amide bonds. The number of aromatic nitrogens is 2. The van der Waals surface area contributed by atoms with Gasteiger partial charge in [0, 0.05) is 45.3 Å². The number of anilines is 1. The van der Waals surface area contributed by atoms with E-state index in [1.165, 1.54) is 24.2 Å². The van der Waals surface area contributed by atoms with Gasteiger partial charge in [-0.3, -0.25) is 4.79 Å². The van der Waals surface area contributed by atoms with Crippen molar-refractivity contribution in [3.63, 3.8) is 0 Å². The summed E-state index contributed by atoms with van der Waals surface area (Å²) in [4.78, 5) is 20.0. The molecule has 2 aromatic heterocycles. The summed E-state index contributed by atoms with van der Waals surface area (Å²) in [5.41, 5.74) is 15.5. The molecule has 162 valence electrons. The predicted octanol–water partition coefficient (Wildman–Crippen LogP) is 3.32. The van der Waals surface area contributed by atoms with Gasteiger partial charge in [0.15, 0.2) is 0 Å². The minimum Gasteiger partial charge on any atom is -0.394 e. The van der Waals surface area contributed by atoms with Crippen molar-refractivity contribution in [1.82, 2.24) is 20.6 Å². The van der Waals surface area contributed by atoms with Crippen molar-refractivity contribution >= 4 is 28.2 Å². The number of nitrogens with one attached hydrogen (secondary N) is 3. The van der Waals surface area contributed by atoms with E-state index in [4.69, 9.17) is 5.73 Å². The summed E-state index contributed by atoms with van der Waals surface area (Å²) < 4.78 is 0. The summed E-state index contributed by atoms with van der Waals surface area (Å²) in [6.07, 6.45) is 6.04. The average Bonchev–Trinajstić information content (AvgIpc) is 3.18. The first-order chi connectivity index (χ1) is 14.5. The summed E-state index contributed by atoms with van der Waals surface area (Å²) in [7, 11) is 3.32. The van der Waals surface area contributed by atoms with Crippen LogP contribution in [0.4, 0.5) is 5.82 Å². The van der Waals surface area contributed by atoms with Gasteiger partial charge in [0.2, 0.25) is 0 Å². The standard InChI is InChI=1S/C22H25N5O.CH5N.2H2/c1-14(11-24-3)15(2)19-10-17(13-27-21(19)23)22(28)25-9-8-16-12-26-20-7-5-4-6-18(16)20;1-2;;/h4-7,10-13,24,26H,2,8-9H2,1,3H3,(H2,23,27)(H,25,28);2H2,1H3;2*1H/b14-11+;;;. The Balaban J connectivity index is 0.00000234. The lowest BCUT2D eigenvalue weighted by atomic mass is 10.0. The van der Waals surface area contributed by atoms with E-state index in [-0.39, 0.29) is 8.76 Å². The van der Waals surface area contributed by atoms with Gasteiger partial charge in [0.05, 0.1) is 5.56 Å². The van der Waals surface area contributed by atoms with E-state index >= 15 is 0 Å². The number of hydrogen-bond donors (Lipinski definition) is 5. The number of para-hydroxylation sites is 1. The summed E-state index contributed by atoms with van der Waals surface area (Å²) in [6.45, 7) is 6.52. The summed E-state index contributed by atoms with van der Waals surface area (Å²) >= 11 is 0. The number of aromatic amines is 1. The third kappa shape index (κ3) is 5.27. The fourth-order valence-electron chi connectivity index (χ4n) is 3.11. The molecule has 2 heterocycles. The Bertz CT molecular complexity index is 1060. The number of nitrogen functional groups attached to an aromatic ring is 1. The van der Waals surface area contributed by atoms with Gasteiger partial charge in [0.25, 0.3) is 5.91 Å². The molecule has 7 nitrogen and oxygen atoms in total. The summed E-state index contributed by atoms with van der Waals surface area (Å²) in [6, 6.07) is 9.86. The maximum absolute atomic E-state index is 12.6. The normalized spacial score (nSPS) is 10.9. The average molecular weight is 411 g/mol. The van der Waals surface area contributed by atoms with Crippen LogP contribution in [0.25, 0.3) is 16.5 Å². The Kier molecular flexibility index (Phi) is 8.19. The third-order valence-corrected chi connectivity index (χ3v) is 4.70. The second-order valence-corrected chi connectivity index (χ2v) is 6.62. The smallest absolute Gasteiger partial charge is 0.252 e. The molecule has 0 radical (unpaired) electrons. The summed E-state index contributed by atoms with van der Waals surface area (Å²) in [5, 5.41) is 7.09. The first kappa shape index (κ1) is 22.7. The lowest BCUT2D eigenvalue weighted by molar-refractivity contribution is 0.0954. The van der Waals surface area contributed by atoms with E-state index in [1.807, 2.05) is 44.6 Å². The monoisotopic (exact) mass is 410 g/mol. The van der Waals surface area contributed by atoms with Crippen molar-refractivity contribution in [2.24, 2.45) is 5.73 Å². The SMILES string of the molecule is C=C(/C(C)=C/NC)c1cc(C(=O)NCCc2c[nH]c3ccccc23)cnc1N.CN.[HH].[HH]. The zero-order valence-corrected chi connectivity index (χ0v) is 17.8. The quantitative estimate of drug-likeness (QED) is 0.383. The second-order valence-electron chi connectivity index (χ2n) is 6.62. The molecule has 0 fully saturated rings. The van der Waals surface area contributed by atoms with E-state index in [1.54, 1.807) is 6.07 Å². The van der Waals surface area contributed by atoms with Gasteiger partial charge in [0.1, 0.15) is 5.82 Å². The first-order valence-corrected chi connectivity index (χ1v) is 9.71. The Hall–Kier alpha value is -3.58. The molecule has 0 unspecified atom stereocenters. The van der Waals surface area contributed by atoms with Crippen LogP contribution in [0.2, 0.25) is 0 Å².